The minimum atomic E-state index is -3.35. The molecule has 8 heteroatoms. The molecule has 0 bridgehead atoms. The predicted octanol–water partition coefficient (Wildman–Crippen LogP) is 1.92. The second-order valence-electron chi connectivity index (χ2n) is 8.26. The molecule has 2 aliphatic rings. The van der Waals surface area contributed by atoms with Gasteiger partial charge in [0.2, 0.25) is 15.9 Å². The van der Waals surface area contributed by atoms with E-state index in [0.29, 0.717) is 13.1 Å². The Balaban J connectivity index is 1.53. The van der Waals surface area contributed by atoms with E-state index in [0.717, 1.165) is 50.8 Å². The third-order valence-corrected chi connectivity index (χ3v) is 7.58. The number of carbonyl (C=O) groups is 1. The van der Waals surface area contributed by atoms with E-state index in [2.05, 4.69) is 39.5 Å². The Kier molecular flexibility index (Phi) is 5.94. The van der Waals surface area contributed by atoms with Crippen LogP contribution in [0.5, 0.6) is 0 Å². The van der Waals surface area contributed by atoms with Crippen LogP contribution >= 0.6 is 0 Å². The number of hydrogen-bond acceptors (Lipinski definition) is 4. The highest BCUT2D eigenvalue weighted by atomic mass is 32.2. The lowest BCUT2D eigenvalue weighted by Gasteiger charge is -2.30. The number of nitrogens with one attached hydrogen (secondary N) is 2. The van der Waals surface area contributed by atoms with E-state index in [4.69, 9.17) is 0 Å². The number of rotatable bonds is 3. The predicted molar refractivity (Wildman–Crippen MR) is 114 cm³/mol. The zero-order valence-corrected chi connectivity index (χ0v) is 17.7. The first-order chi connectivity index (χ1) is 13.9. The first-order valence-corrected chi connectivity index (χ1v) is 12.3. The molecule has 2 N–H and O–H groups in total. The molecule has 1 saturated heterocycles. The average molecular weight is 419 g/mol. The van der Waals surface area contributed by atoms with E-state index >= 15 is 0 Å². The molecule has 1 aliphatic carbocycles. The van der Waals surface area contributed by atoms with Crippen molar-refractivity contribution in [2.45, 2.75) is 38.3 Å². The fourth-order valence-corrected chi connectivity index (χ4v) is 6.09. The van der Waals surface area contributed by atoms with Gasteiger partial charge < -0.3 is 10.3 Å². The first-order valence-electron chi connectivity index (χ1n) is 10.5. The van der Waals surface area contributed by atoms with E-state index in [1.165, 1.54) is 17.2 Å². The summed E-state index contributed by atoms with van der Waals surface area (Å²) in [7, 11) is -3.35. The SMILES string of the molecule is CS(=O)(=O)N1CCCN(Cc2cccc3[nH]ccc23)CCNC(=O)C2CCCC21. The van der Waals surface area contributed by atoms with Crippen molar-refractivity contribution >= 4 is 26.8 Å². The smallest absolute Gasteiger partial charge is 0.224 e. The molecule has 2 fully saturated rings. The molecule has 2 atom stereocenters. The molecular formula is C21H30N4O3S. The van der Waals surface area contributed by atoms with Gasteiger partial charge in [-0.15, -0.1) is 0 Å². The van der Waals surface area contributed by atoms with Crippen molar-refractivity contribution in [3.8, 4) is 0 Å². The molecule has 2 heterocycles. The topological polar surface area (TPSA) is 85.5 Å². The van der Waals surface area contributed by atoms with Crippen molar-refractivity contribution < 1.29 is 13.2 Å². The molecular weight excluding hydrogens is 388 g/mol. The minimum absolute atomic E-state index is 0.00395. The van der Waals surface area contributed by atoms with Crippen molar-refractivity contribution in [3.05, 3.63) is 36.0 Å². The first kappa shape index (κ1) is 20.4. The summed E-state index contributed by atoms with van der Waals surface area (Å²) in [5.41, 5.74) is 2.35. The molecule has 1 saturated carbocycles. The number of hydrogen-bond donors (Lipinski definition) is 2. The van der Waals surface area contributed by atoms with Crippen molar-refractivity contribution in [2.24, 2.45) is 5.92 Å². The fourth-order valence-electron chi connectivity index (χ4n) is 4.89. The molecule has 2 aromatic rings. The van der Waals surface area contributed by atoms with Gasteiger partial charge in [-0.3, -0.25) is 9.69 Å². The number of nitrogens with zero attached hydrogens (tertiary/aromatic N) is 2. The van der Waals surface area contributed by atoms with Gasteiger partial charge in [0, 0.05) is 49.3 Å². The van der Waals surface area contributed by atoms with Crippen LogP contribution in [0.15, 0.2) is 30.5 Å². The molecule has 4 rings (SSSR count). The van der Waals surface area contributed by atoms with Crippen molar-refractivity contribution in [2.75, 3.05) is 32.4 Å². The van der Waals surface area contributed by atoms with Gasteiger partial charge in [-0.05, 0) is 43.5 Å². The number of sulfonamides is 1. The lowest BCUT2D eigenvalue weighted by Crippen LogP contribution is -2.47. The Labute approximate surface area is 172 Å². The van der Waals surface area contributed by atoms with Crippen LogP contribution < -0.4 is 5.32 Å². The monoisotopic (exact) mass is 418 g/mol. The van der Waals surface area contributed by atoms with Gasteiger partial charge in [0.25, 0.3) is 0 Å². The normalized spacial score (nSPS) is 25.5. The Bertz CT molecular complexity index is 971. The van der Waals surface area contributed by atoms with E-state index < -0.39 is 10.0 Å². The maximum atomic E-state index is 12.7. The molecule has 2 unspecified atom stereocenters. The molecule has 158 valence electrons. The van der Waals surface area contributed by atoms with Gasteiger partial charge in [-0.2, -0.15) is 4.31 Å². The summed E-state index contributed by atoms with van der Waals surface area (Å²) >= 11 is 0. The summed E-state index contributed by atoms with van der Waals surface area (Å²) in [6.07, 6.45) is 6.41. The number of aromatic amines is 1. The highest BCUT2D eigenvalue weighted by Crippen LogP contribution is 2.32. The van der Waals surface area contributed by atoms with E-state index in [9.17, 15) is 13.2 Å². The van der Waals surface area contributed by atoms with Crippen LogP contribution in [-0.4, -0.2) is 67.0 Å². The average Bonchev–Trinajstić information content (AvgIpc) is 3.32. The number of carbonyl (C=O) groups excluding carboxylic acids is 1. The molecule has 7 nitrogen and oxygen atoms in total. The summed E-state index contributed by atoms with van der Waals surface area (Å²) in [6.45, 7) is 3.38. The van der Waals surface area contributed by atoms with Gasteiger partial charge in [-0.25, -0.2) is 8.42 Å². The molecule has 1 aromatic heterocycles. The van der Waals surface area contributed by atoms with Crippen LogP contribution in [0.4, 0.5) is 0 Å². The van der Waals surface area contributed by atoms with E-state index in [1.807, 2.05) is 6.20 Å². The van der Waals surface area contributed by atoms with Crippen LogP contribution in [0, 0.1) is 5.92 Å². The lowest BCUT2D eigenvalue weighted by atomic mass is 10.0. The molecule has 0 radical (unpaired) electrons. The van der Waals surface area contributed by atoms with Crippen molar-refractivity contribution in [1.82, 2.24) is 19.5 Å². The summed E-state index contributed by atoms with van der Waals surface area (Å²) in [5, 5.41) is 4.27. The quantitative estimate of drug-likeness (QED) is 0.798. The Hall–Kier alpha value is -1.90. The zero-order chi connectivity index (χ0) is 20.4. The van der Waals surface area contributed by atoms with Crippen LogP contribution in [-0.2, 0) is 21.4 Å². The number of H-pyrrole nitrogens is 1. The zero-order valence-electron chi connectivity index (χ0n) is 16.9. The van der Waals surface area contributed by atoms with Crippen LogP contribution in [0.3, 0.4) is 0 Å². The second kappa shape index (κ2) is 8.45. The van der Waals surface area contributed by atoms with Crippen molar-refractivity contribution in [1.29, 1.82) is 0 Å². The van der Waals surface area contributed by atoms with Crippen molar-refractivity contribution in [3.63, 3.8) is 0 Å². The summed E-state index contributed by atoms with van der Waals surface area (Å²) < 4.78 is 26.5. The maximum absolute atomic E-state index is 12.7. The lowest BCUT2D eigenvalue weighted by molar-refractivity contribution is -0.125. The number of amides is 1. The third-order valence-electron chi connectivity index (χ3n) is 6.27. The van der Waals surface area contributed by atoms with Gasteiger partial charge in [-0.1, -0.05) is 18.6 Å². The number of aromatic nitrogens is 1. The molecule has 29 heavy (non-hydrogen) atoms. The third kappa shape index (κ3) is 4.49. The molecule has 1 aliphatic heterocycles. The second-order valence-corrected chi connectivity index (χ2v) is 10.2. The van der Waals surface area contributed by atoms with Crippen LogP contribution in [0.2, 0.25) is 0 Å². The summed E-state index contributed by atoms with van der Waals surface area (Å²) in [5.74, 6) is -0.236. The highest BCUT2D eigenvalue weighted by Gasteiger charge is 2.40. The molecule has 1 aromatic carbocycles. The Morgan fingerprint density at radius 1 is 1.10 bits per heavy atom. The van der Waals surface area contributed by atoms with Crippen LogP contribution in [0.25, 0.3) is 10.9 Å². The number of fused-ring (bicyclic) bond motifs is 2. The highest BCUT2D eigenvalue weighted by molar-refractivity contribution is 7.88. The number of benzene rings is 1. The largest absolute Gasteiger partial charge is 0.361 e. The van der Waals surface area contributed by atoms with Gasteiger partial charge in [0.15, 0.2) is 0 Å². The standard InChI is InChI=1S/C21H30N4O3S/c1-29(27,28)25-13-4-12-24(14-11-23-21(26)18-6-3-8-20(18)25)15-16-5-2-7-19-17(16)9-10-22-19/h2,5,7,9-10,18,20,22H,3-4,6,8,11-15H2,1H3,(H,23,26). The minimum Gasteiger partial charge on any atom is -0.361 e. The summed E-state index contributed by atoms with van der Waals surface area (Å²) in [6, 6.07) is 8.13. The van der Waals surface area contributed by atoms with Gasteiger partial charge >= 0.3 is 0 Å². The molecule has 0 spiro atoms. The van der Waals surface area contributed by atoms with Crippen LogP contribution in [0.1, 0.15) is 31.2 Å². The van der Waals surface area contributed by atoms with E-state index in [-0.39, 0.29) is 17.9 Å². The molecule has 1 amide bonds. The Morgan fingerprint density at radius 3 is 2.79 bits per heavy atom. The van der Waals surface area contributed by atoms with Gasteiger partial charge in [0.1, 0.15) is 0 Å². The maximum Gasteiger partial charge on any atom is 0.224 e. The Morgan fingerprint density at radius 2 is 1.97 bits per heavy atom. The van der Waals surface area contributed by atoms with Gasteiger partial charge in [0.05, 0.1) is 12.2 Å². The van der Waals surface area contributed by atoms with E-state index in [1.54, 1.807) is 4.31 Å². The fraction of sp³-hybridized carbons (Fsp3) is 0.571. The summed E-state index contributed by atoms with van der Waals surface area (Å²) in [4.78, 5) is 18.3.